The highest BCUT2D eigenvalue weighted by atomic mass is 35.5. The van der Waals surface area contributed by atoms with Gasteiger partial charge in [-0.2, -0.15) is 11.8 Å². The fourth-order valence-electron chi connectivity index (χ4n) is 0.880. The standard InChI is InChI=1S/C9H12ClNS/c1-2-12-6-7-3-4-9(11)8(10)5-7/h3-5H,2,6,11H2,1H3. The highest BCUT2D eigenvalue weighted by Crippen LogP contribution is 2.22. The van der Waals surface area contributed by atoms with Crippen molar-refractivity contribution in [3.63, 3.8) is 0 Å². The van der Waals surface area contributed by atoms with Crippen molar-refractivity contribution < 1.29 is 0 Å². The first-order valence-corrected chi connectivity index (χ1v) is 5.39. The maximum absolute atomic E-state index is 5.86. The summed E-state index contributed by atoms with van der Waals surface area (Å²) in [6.45, 7) is 2.14. The average Bonchev–Trinajstić information content (AvgIpc) is 2.07. The molecule has 1 rings (SSSR count). The van der Waals surface area contributed by atoms with Gasteiger partial charge in [-0.05, 0) is 23.4 Å². The molecule has 0 aliphatic heterocycles. The summed E-state index contributed by atoms with van der Waals surface area (Å²) in [6.07, 6.45) is 0. The van der Waals surface area contributed by atoms with Gasteiger partial charge >= 0.3 is 0 Å². The van der Waals surface area contributed by atoms with Crippen molar-refractivity contribution in [1.29, 1.82) is 0 Å². The van der Waals surface area contributed by atoms with Crippen LogP contribution in [-0.4, -0.2) is 5.75 Å². The third-order valence-electron chi connectivity index (χ3n) is 1.54. The number of nitrogen functional groups attached to an aromatic ring is 1. The number of rotatable bonds is 3. The van der Waals surface area contributed by atoms with Crippen LogP contribution in [0.2, 0.25) is 5.02 Å². The Balaban J connectivity index is 2.69. The zero-order valence-corrected chi connectivity index (χ0v) is 8.58. The van der Waals surface area contributed by atoms with Gasteiger partial charge in [-0.3, -0.25) is 0 Å². The van der Waals surface area contributed by atoms with Gasteiger partial charge in [0.15, 0.2) is 0 Å². The molecule has 0 amide bonds. The van der Waals surface area contributed by atoms with E-state index >= 15 is 0 Å². The smallest absolute Gasteiger partial charge is 0.0638 e. The molecule has 0 unspecified atom stereocenters. The molecular formula is C9H12ClNS. The van der Waals surface area contributed by atoms with Crippen LogP contribution < -0.4 is 5.73 Å². The van der Waals surface area contributed by atoms with E-state index in [9.17, 15) is 0 Å². The van der Waals surface area contributed by atoms with Crippen molar-refractivity contribution in [2.45, 2.75) is 12.7 Å². The summed E-state index contributed by atoms with van der Waals surface area (Å²) in [5.41, 5.74) is 7.47. The van der Waals surface area contributed by atoms with E-state index in [1.807, 2.05) is 30.0 Å². The quantitative estimate of drug-likeness (QED) is 0.761. The number of benzene rings is 1. The van der Waals surface area contributed by atoms with Gasteiger partial charge in [-0.1, -0.05) is 24.6 Å². The molecule has 3 heteroatoms. The van der Waals surface area contributed by atoms with Crippen molar-refractivity contribution >= 4 is 29.1 Å². The van der Waals surface area contributed by atoms with Crippen LogP contribution in [0, 0.1) is 0 Å². The molecule has 1 nitrogen and oxygen atoms in total. The first-order valence-electron chi connectivity index (χ1n) is 3.85. The van der Waals surface area contributed by atoms with Gasteiger partial charge in [-0.25, -0.2) is 0 Å². The Labute approximate surface area is 82.3 Å². The van der Waals surface area contributed by atoms with E-state index in [2.05, 4.69) is 6.92 Å². The highest BCUT2D eigenvalue weighted by molar-refractivity contribution is 7.98. The lowest BCUT2D eigenvalue weighted by Crippen LogP contribution is -1.88. The first-order chi connectivity index (χ1) is 5.74. The molecule has 0 aliphatic rings. The predicted octanol–water partition coefficient (Wildman–Crippen LogP) is 3.18. The van der Waals surface area contributed by atoms with Crippen LogP contribution in [0.5, 0.6) is 0 Å². The van der Waals surface area contributed by atoms with Crippen LogP contribution in [0.4, 0.5) is 5.69 Å². The van der Waals surface area contributed by atoms with Crippen molar-refractivity contribution in [2.24, 2.45) is 0 Å². The molecule has 0 radical (unpaired) electrons. The lowest BCUT2D eigenvalue weighted by Gasteiger charge is -2.02. The minimum Gasteiger partial charge on any atom is -0.398 e. The molecule has 66 valence electrons. The Kier molecular flexibility index (Phi) is 3.76. The summed E-state index contributed by atoms with van der Waals surface area (Å²) in [5.74, 6) is 2.14. The number of thioether (sulfide) groups is 1. The molecule has 1 aromatic rings. The minimum absolute atomic E-state index is 0.655. The van der Waals surface area contributed by atoms with Gasteiger partial charge in [0.25, 0.3) is 0 Å². The van der Waals surface area contributed by atoms with Crippen molar-refractivity contribution in [3.8, 4) is 0 Å². The van der Waals surface area contributed by atoms with Gasteiger partial charge in [0.05, 0.1) is 10.7 Å². The van der Waals surface area contributed by atoms with E-state index in [0.29, 0.717) is 10.7 Å². The topological polar surface area (TPSA) is 26.0 Å². The SMILES string of the molecule is CCSCc1ccc(N)c(Cl)c1. The molecular weight excluding hydrogens is 190 g/mol. The Morgan fingerprint density at radius 1 is 1.50 bits per heavy atom. The zero-order valence-electron chi connectivity index (χ0n) is 7.01. The average molecular weight is 202 g/mol. The maximum Gasteiger partial charge on any atom is 0.0638 e. The second kappa shape index (κ2) is 4.63. The van der Waals surface area contributed by atoms with E-state index in [1.165, 1.54) is 5.56 Å². The van der Waals surface area contributed by atoms with Crippen LogP contribution >= 0.6 is 23.4 Å². The van der Waals surface area contributed by atoms with E-state index in [0.717, 1.165) is 11.5 Å². The lowest BCUT2D eigenvalue weighted by molar-refractivity contribution is 1.40. The minimum atomic E-state index is 0.655. The summed E-state index contributed by atoms with van der Waals surface area (Å²) >= 11 is 7.73. The third kappa shape index (κ3) is 2.61. The molecule has 1 aromatic carbocycles. The number of hydrogen-bond acceptors (Lipinski definition) is 2. The number of nitrogens with two attached hydrogens (primary N) is 1. The first kappa shape index (κ1) is 9.75. The predicted molar refractivity (Wildman–Crippen MR) is 57.7 cm³/mol. The van der Waals surface area contributed by atoms with Gasteiger partial charge < -0.3 is 5.73 Å². The van der Waals surface area contributed by atoms with Gasteiger partial charge in [-0.15, -0.1) is 0 Å². The molecule has 0 bridgehead atoms. The molecule has 12 heavy (non-hydrogen) atoms. The van der Waals surface area contributed by atoms with E-state index in [4.69, 9.17) is 17.3 Å². The van der Waals surface area contributed by atoms with Crippen molar-refractivity contribution in [2.75, 3.05) is 11.5 Å². The third-order valence-corrected chi connectivity index (χ3v) is 2.81. The van der Waals surface area contributed by atoms with Crippen LogP contribution in [0.15, 0.2) is 18.2 Å². The monoisotopic (exact) mass is 201 g/mol. The number of anilines is 1. The fraction of sp³-hybridized carbons (Fsp3) is 0.333. The summed E-state index contributed by atoms with van der Waals surface area (Å²) < 4.78 is 0. The highest BCUT2D eigenvalue weighted by Gasteiger charge is 1.97. The molecule has 0 spiro atoms. The second-order valence-electron chi connectivity index (χ2n) is 2.49. The summed E-state index contributed by atoms with van der Waals surface area (Å²) in [5, 5.41) is 0.657. The molecule has 0 saturated heterocycles. The van der Waals surface area contributed by atoms with Crippen LogP contribution in [0.3, 0.4) is 0 Å². The Hall–Kier alpha value is -0.340. The zero-order chi connectivity index (χ0) is 8.97. The lowest BCUT2D eigenvalue weighted by atomic mass is 10.2. The fourth-order valence-corrected chi connectivity index (χ4v) is 1.70. The Bertz CT molecular complexity index is 263. The van der Waals surface area contributed by atoms with Gasteiger partial charge in [0, 0.05) is 5.75 Å². The second-order valence-corrected chi connectivity index (χ2v) is 4.17. The van der Waals surface area contributed by atoms with E-state index in [1.54, 1.807) is 0 Å². The van der Waals surface area contributed by atoms with Gasteiger partial charge in [0.2, 0.25) is 0 Å². The molecule has 0 heterocycles. The molecule has 0 fully saturated rings. The van der Waals surface area contributed by atoms with E-state index < -0.39 is 0 Å². The molecule has 0 saturated carbocycles. The van der Waals surface area contributed by atoms with Crippen molar-refractivity contribution in [1.82, 2.24) is 0 Å². The summed E-state index contributed by atoms with van der Waals surface area (Å²) in [6, 6.07) is 5.80. The van der Waals surface area contributed by atoms with Gasteiger partial charge in [0.1, 0.15) is 0 Å². The van der Waals surface area contributed by atoms with Crippen molar-refractivity contribution in [3.05, 3.63) is 28.8 Å². The van der Waals surface area contributed by atoms with Crippen LogP contribution in [-0.2, 0) is 5.75 Å². The van der Waals surface area contributed by atoms with Crippen LogP contribution in [0.1, 0.15) is 12.5 Å². The maximum atomic E-state index is 5.86. The Morgan fingerprint density at radius 2 is 2.25 bits per heavy atom. The molecule has 0 aromatic heterocycles. The summed E-state index contributed by atoms with van der Waals surface area (Å²) in [7, 11) is 0. The largest absolute Gasteiger partial charge is 0.398 e. The molecule has 0 aliphatic carbocycles. The van der Waals surface area contributed by atoms with Crippen LogP contribution in [0.25, 0.3) is 0 Å². The molecule has 2 N–H and O–H groups in total. The normalized spacial score (nSPS) is 10.2. The van der Waals surface area contributed by atoms with E-state index in [-0.39, 0.29) is 0 Å². The number of halogens is 1. The Morgan fingerprint density at radius 3 is 2.83 bits per heavy atom. The number of hydrogen-bond donors (Lipinski definition) is 1. The molecule has 0 atom stereocenters. The summed E-state index contributed by atoms with van der Waals surface area (Å²) in [4.78, 5) is 0.